The smallest absolute Gasteiger partial charge is 0.325 e. The minimum Gasteiger partial charge on any atom is -0.480 e. The number of hydrogen-bond donors (Lipinski definition) is 1. The number of piperidine rings is 1. The highest BCUT2D eigenvalue weighted by molar-refractivity contribution is 5.84. The van der Waals surface area contributed by atoms with Gasteiger partial charge in [0.05, 0.1) is 17.7 Å². The van der Waals surface area contributed by atoms with Crippen molar-refractivity contribution in [2.24, 2.45) is 0 Å². The van der Waals surface area contributed by atoms with Crippen LogP contribution in [-0.4, -0.2) is 69.7 Å². The number of benzene rings is 2. The number of aromatic nitrogens is 1. The van der Waals surface area contributed by atoms with Gasteiger partial charge < -0.3 is 14.7 Å². The van der Waals surface area contributed by atoms with Gasteiger partial charge in [-0.3, -0.25) is 19.5 Å². The normalized spacial score (nSPS) is 21.4. The number of pyridine rings is 1. The Balaban J connectivity index is 1.17. The van der Waals surface area contributed by atoms with Crippen LogP contribution in [0.15, 0.2) is 60.8 Å². The number of nitrogens with zero attached hydrogens (tertiary/aromatic N) is 3. The topological polar surface area (TPSA) is 83.0 Å². The highest BCUT2D eigenvalue weighted by Crippen LogP contribution is 2.38. The number of hydrogen-bond acceptors (Lipinski definition) is 5. The van der Waals surface area contributed by atoms with Crippen LogP contribution in [0.5, 0.6) is 0 Å². The van der Waals surface area contributed by atoms with E-state index in [1.165, 1.54) is 0 Å². The summed E-state index contributed by atoms with van der Waals surface area (Å²) in [6.07, 6.45) is 5.42. The fourth-order valence-electron chi connectivity index (χ4n) is 5.57. The molecule has 1 aromatic heterocycles. The lowest BCUT2D eigenvalue weighted by molar-refractivity contribution is -0.174. The summed E-state index contributed by atoms with van der Waals surface area (Å²) >= 11 is 0. The van der Waals surface area contributed by atoms with E-state index in [2.05, 4.69) is 23.2 Å². The van der Waals surface area contributed by atoms with Crippen molar-refractivity contribution in [1.82, 2.24) is 14.8 Å². The van der Waals surface area contributed by atoms with E-state index >= 15 is 0 Å². The first-order chi connectivity index (χ1) is 17.0. The highest BCUT2D eigenvalue weighted by Gasteiger charge is 2.47. The summed E-state index contributed by atoms with van der Waals surface area (Å²) in [4.78, 5) is 33.0. The number of amides is 1. The van der Waals surface area contributed by atoms with Crippen molar-refractivity contribution in [1.29, 1.82) is 0 Å². The van der Waals surface area contributed by atoms with E-state index in [0.717, 1.165) is 53.3 Å². The predicted molar refractivity (Wildman–Crippen MR) is 132 cm³/mol. The van der Waals surface area contributed by atoms with Gasteiger partial charge in [-0.25, -0.2) is 0 Å². The average molecular weight is 472 g/mol. The Hall–Kier alpha value is -3.29. The van der Waals surface area contributed by atoms with Crippen LogP contribution in [0.25, 0.3) is 22.0 Å². The third-order valence-electron chi connectivity index (χ3n) is 7.74. The molecular formula is C28H29N3O4. The Kier molecular flexibility index (Phi) is 5.54. The summed E-state index contributed by atoms with van der Waals surface area (Å²) in [7, 11) is 0. The van der Waals surface area contributed by atoms with Gasteiger partial charge in [0.15, 0.2) is 0 Å². The second-order valence-corrected chi connectivity index (χ2v) is 10.0. The number of rotatable bonds is 5. The zero-order valence-corrected chi connectivity index (χ0v) is 19.6. The van der Waals surface area contributed by atoms with Crippen molar-refractivity contribution in [2.45, 2.75) is 43.4 Å². The van der Waals surface area contributed by atoms with E-state index in [0.29, 0.717) is 25.7 Å². The molecule has 1 spiro atoms. The van der Waals surface area contributed by atoms with E-state index in [9.17, 15) is 14.7 Å². The third-order valence-corrected chi connectivity index (χ3v) is 7.74. The molecule has 3 fully saturated rings. The SMILES string of the molecule is O=C(O)C(c1ccc(-c2ccc3cccnc3c2)cc1)N1CCC2(CC1)CN(C1CC1)C(=O)CO2. The summed E-state index contributed by atoms with van der Waals surface area (Å²) < 4.78 is 6.05. The quantitative estimate of drug-likeness (QED) is 0.608. The van der Waals surface area contributed by atoms with E-state index in [4.69, 9.17) is 4.74 Å². The van der Waals surface area contributed by atoms with Crippen LogP contribution in [0.3, 0.4) is 0 Å². The van der Waals surface area contributed by atoms with Gasteiger partial charge >= 0.3 is 5.97 Å². The van der Waals surface area contributed by atoms with Crippen molar-refractivity contribution in [2.75, 3.05) is 26.2 Å². The first kappa shape index (κ1) is 22.2. The molecule has 6 rings (SSSR count). The molecule has 1 amide bonds. The van der Waals surface area contributed by atoms with Crippen molar-refractivity contribution in [3.05, 3.63) is 66.4 Å². The second kappa shape index (κ2) is 8.73. The molecule has 7 heteroatoms. The second-order valence-electron chi connectivity index (χ2n) is 10.0. The lowest BCUT2D eigenvalue weighted by Crippen LogP contribution is -2.59. The number of morpholine rings is 1. The number of carboxylic acid groups (broad SMARTS) is 1. The molecule has 2 saturated heterocycles. The van der Waals surface area contributed by atoms with E-state index < -0.39 is 12.0 Å². The molecule has 3 aliphatic rings. The summed E-state index contributed by atoms with van der Waals surface area (Å²) in [5, 5.41) is 11.2. The summed E-state index contributed by atoms with van der Waals surface area (Å²) in [5.74, 6) is -0.755. The number of likely N-dealkylation sites (tertiary alicyclic amines) is 1. The predicted octanol–water partition coefficient (Wildman–Crippen LogP) is 3.88. The number of carboxylic acids is 1. The molecule has 1 unspecified atom stereocenters. The van der Waals surface area contributed by atoms with Gasteiger partial charge in [0.2, 0.25) is 5.91 Å². The van der Waals surface area contributed by atoms with Crippen molar-refractivity contribution in [3.63, 3.8) is 0 Å². The van der Waals surface area contributed by atoms with E-state index in [1.54, 1.807) is 6.20 Å². The number of aliphatic carboxylic acids is 1. The van der Waals surface area contributed by atoms with Gasteiger partial charge in [-0.1, -0.05) is 42.5 Å². The minimum absolute atomic E-state index is 0.0891. The number of ether oxygens (including phenoxy) is 1. The standard InChI is InChI=1S/C28H29N3O4/c32-25-17-35-28(18-31(25)23-9-10-23)11-14-30(15-12-28)26(27(33)34)21-6-3-19(4-7-21)22-8-5-20-2-1-13-29-24(20)16-22/h1-8,13,16,23,26H,9-12,14-15,17-18H2,(H,33,34). The summed E-state index contributed by atoms with van der Waals surface area (Å²) in [6, 6.07) is 17.6. The van der Waals surface area contributed by atoms with Crippen molar-refractivity contribution >= 4 is 22.8 Å². The van der Waals surface area contributed by atoms with Gasteiger partial charge in [0.25, 0.3) is 0 Å². The largest absolute Gasteiger partial charge is 0.480 e. The number of carbonyl (C=O) groups is 2. The zero-order valence-electron chi connectivity index (χ0n) is 19.6. The molecule has 1 N–H and O–H groups in total. The van der Waals surface area contributed by atoms with Gasteiger partial charge in [-0.15, -0.1) is 0 Å². The van der Waals surface area contributed by atoms with Crippen LogP contribution >= 0.6 is 0 Å². The molecule has 0 radical (unpaired) electrons. The molecule has 180 valence electrons. The first-order valence-electron chi connectivity index (χ1n) is 12.4. The third kappa shape index (κ3) is 4.30. The maximum Gasteiger partial charge on any atom is 0.325 e. The molecule has 1 saturated carbocycles. The molecule has 3 heterocycles. The van der Waals surface area contributed by atoms with Crippen LogP contribution in [0.1, 0.15) is 37.3 Å². The molecule has 2 aliphatic heterocycles. The maximum absolute atomic E-state index is 12.3. The fourth-order valence-corrected chi connectivity index (χ4v) is 5.57. The van der Waals surface area contributed by atoms with E-state index in [-0.39, 0.29) is 18.1 Å². The summed E-state index contributed by atoms with van der Waals surface area (Å²) in [6.45, 7) is 2.03. The van der Waals surface area contributed by atoms with Crippen LogP contribution < -0.4 is 0 Å². The Labute approximate surface area is 204 Å². The fraction of sp³-hybridized carbons (Fsp3) is 0.393. The number of carbonyl (C=O) groups excluding carboxylic acids is 1. The molecular weight excluding hydrogens is 442 g/mol. The Morgan fingerprint density at radius 3 is 2.51 bits per heavy atom. The molecule has 7 nitrogen and oxygen atoms in total. The van der Waals surface area contributed by atoms with Crippen LogP contribution in [-0.2, 0) is 14.3 Å². The Bertz CT molecular complexity index is 1260. The Morgan fingerprint density at radius 2 is 1.80 bits per heavy atom. The van der Waals surface area contributed by atoms with Crippen LogP contribution in [0, 0.1) is 0 Å². The molecule has 35 heavy (non-hydrogen) atoms. The van der Waals surface area contributed by atoms with Crippen molar-refractivity contribution < 1.29 is 19.4 Å². The molecule has 2 aromatic carbocycles. The minimum atomic E-state index is -0.844. The lowest BCUT2D eigenvalue weighted by atomic mass is 9.87. The van der Waals surface area contributed by atoms with E-state index in [1.807, 2.05) is 46.2 Å². The van der Waals surface area contributed by atoms with Crippen LogP contribution in [0.2, 0.25) is 0 Å². The monoisotopic (exact) mass is 471 g/mol. The molecule has 1 atom stereocenters. The van der Waals surface area contributed by atoms with Gasteiger partial charge in [0, 0.05) is 30.7 Å². The number of fused-ring (bicyclic) bond motifs is 1. The summed E-state index contributed by atoms with van der Waals surface area (Å²) in [5.41, 5.74) is 3.45. The maximum atomic E-state index is 12.3. The Morgan fingerprint density at radius 1 is 1.06 bits per heavy atom. The van der Waals surface area contributed by atoms with Gasteiger partial charge in [0.1, 0.15) is 12.6 Å². The van der Waals surface area contributed by atoms with Crippen molar-refractivity contribution in [3.8, 4) is 11.1 Å². The molecule has 3 aromatic rings. The van der Waals surface area contributed by atoms with Gasteiger partial charge in [-0.2, -0.15) is 0 Å². The van der Waals surface area contributed by atoms with Gasteiger partial charge in [-0.05, 0) is 54.5 Å². The highest BCUT2D eigenvalue weighted by atomic mass is 16.5. The van der Waals surface area contributed by atoms with Crippen LogP contribution in [0.4, 0.5) is 0 Å². The lowest BCUT2D eigenvalue weighted by Gasteiger charge is -2.48. The molecule has 1 aliphatic carbocycles. The average Bonchev–Trinajstić information content (AvgIpc) is 3.73. The zero-order chi connectivity index (χ0) is 24.0. The first-order valence-corrected chi connectivity index (χ1v) is 12.4. The molecule has 0 bridgehead atoms.